The van der Waals surface area contributed by atoms with E-state index in [4.69, 9.17) is 41.2 Å². The van der Waals surface area contributed by atoms with E-state index in [-0.39, 0.29) is 31.0 Å². The molecule has 9 aromatic heterocycles. The maximum absolute atomic E-state index is 12.5. The van der Waals surface area contributed by atoms with Crippen molar-refractivity contribution in [3.63, 3.8) is 0 Å². The number of aromatic nitrogens is 15. The van der Waals surface area contributed by atoms with Gasteiger partial charge in [0.05, 0.1) is 86.9 Å². The van der Waals surface area contributed by atoms with Crippen LogP contribution in [0.15, 0.2) is 110 Å². The first-order valence-electron chi connectivity index (χ1n) is 30.3. The van der Waals surface area contributed by atoms with Crippen LogP contribution in [0.25, 0.3) is 99.2 Å². The molecule has 2 aliphatic rings. The van der Waals surface area contributed by atoms with Crippen LogP contribution in [0.5, 0.6) is 0 Å². The molecule has 2 atom stereocenters. The number of pyridine rings is 3. The number of esters is 2. The zero-order valence-corrected chi connectivity index (χ0v) is 53.7. The number of fused-ring (bicyclic) bond motifs is 9. The van der Waals surface area contributed by atoms with Gasteiger partial charge in [0.2, 0.25) is 0 Å². The number of ether oxygens (including phenoxy) is 4. The van der Waals surface area contributed by atoms with Crippen molar-refractivity contribution in [3.8, 4) is 33.8 Å². The van der Waals surface area contributed by atoms with Gasteiger partial charge in [-0.1, -0.05) is 34.1 Å². The van der Waals surface area contributed by atoms with Crippen molar-refractivity contribution in [3.05, 3.63) is 110 Å². The molecule has 0 bridgehead atoms. The number of H-pyrrole nitrogens is 2. The number of aromatic amines is 2. The summed E-state index contributed by atoms with van der Waals surface area (Å²) in [4.78, 5) is 37.0. The van der Waals surface area contributed by atoms with Crippen LogP contribution in [0.2, 0.25) is 0 Å². The summed E-state index contributed by atoms with van der Waals surface area (Å²) in [5.41, 5.74) is 27.7. The highest BCUT2D eigenvalue weighted by Gasteiger charge is 2.34. The van der Waals surface area contributed by atoms with Crippen molar-refractivity contribution in [2.75, 3.05) is 50.2 Å². The van der Waals surface area contributed by atoms with Gasteiger partial charge >= 0.3 is 11.9 Å². The summed E-state index contributed by atoms with van der Waals surface area (Å²) in [5.74, 6) is 0.709. The zero-order chi connectivity index (χ0) is 64.4. The molecule has 11 heterocycles. The van der Waals surface area contributed by atoms with Crippen LogP contribution in [0.4, 0.5) is 17.5 Å². The number of nitrogens with two attached hydrogens (primary N) is 3. The number of anilines is 3. The molecule has 474 valence electrons. The lowest BCUT2D eigenvalue weighted by Gasteiger charge is -2.24. The number of nitrogen functional groups attached to an aromatic ring is 3. The molecule has 12 aromatic rings. The number of hydrogen-bond acceptors (Lipinski definition) is 19. The van der Waals surface area contributed by atoms with Crippen LogP contribution in [0, 0.1) is 0 Å². The fourth-order valence-electron chi connectivity index (χ4n) is 10.9. The molecule has 2 saturated heterocycles. The van der Waals surface area contributed by atoms with E-state index in [0.29, 0.717) is 41.6 Å². The molecule has 0 saturated carbocycles. The van der Waals surface area contributed by atoms with Crippen LogP contribution in [0.3, 0.4) is 0 Å². The topological polar surface area (TPSA) is 337 Å². The molecule has 2 fully saturated rings. The number of aliphatic hydroxyl groups is 1. The number of hydrogen-bond donors (Lipinski definition) is 6. The van der Waals surface area contributed by atoms with E-state index in [2.05, 4.69) is 78.7 Å². The lowest BCUT2D eigenvalue weighted by Crippen LogP contribution is -2.37. The van der Waals surface area contributed by atoms with Crippen LogP contribution in [-0.2, 0) is 39.6 Å². The average molecular weight is 1300 g/mol. The number of rotatable bonds is 12. The Hall–Kier alpha value is -9.37. The average Bonchev–Trinajstić information content (AvgIpc) is 1.68. The molecule has 9 N–H and O–H groups in total. The van der Waals surface area contributed by atoms with Gasteiger partial charge in [0.15, 0.2) is 18.0 Å². The summed E-state index contributed by atoms with van der Waals surface area (Å²) in [5, 5.41) is 47.1. The molecule has 0 aliphatic carbocycles. The van der Waals surface area contributed by atoms with E-state index in [1.165, 1.54) is 0 Å². The maximum atomic E-state index is 12.5. The van der Waals surface area contributed by atoms with Crippen molar-refractivity contribution >= 4 is 111 Å². The number of halogens is 1. The monoisotopic (exact) mass is 1300 g/mol. The fourth-order valence-corrected chi connectivity index (χ4v) is 11.0. The first-order chi connectivity index (χ1) is 43.7. The highest BCUT2D eigenvalue weighted by molar-refractivity contribution is 9.10. The lowest BCUT2D eigenvalue weighted by molar-refractivity contribution is -0.152. The summed E-state index contributed by atoms with van der Waals surface area (Å²) in [6.45, 7) is 16.7. The smallest absolute Gasteiger partial charge is 0.333 e. The summed E-state index contributed by atoms with van der Waals surface area (Å²) in [6, 6.07) is 24.1. The minimum atomic E-state index is -0.972. The molecule has 2 aliphatic heterocycles. The number of nitrogens with one attached hydrogen (secondary N) is 2. The predicted octanol–water partition coefficient (Wildman–Crippen LogP) is 11.3. The van der Waals surface area contributed by atoms with Crippen molar-refractivity contribution in [2.45, 2.75) is 122 Å². The first-order valence-corrected chi connectivity index (χ1v) is 31.1. The molecule has 14 rings (SSSR count). The minimum Gasteiger partial charge on any atom is -0.465 e. The zero-order valence-electron chi connectivity index (χ0n) is 52.1. The van der Waals surface area contributed by atoms with E-state index < -0.39 is 15.4 Å². The second-order valence-corrected chi connectivity index (χ2v) is 25.9. The Kier molecular flexibility index (Phi) is 18.2. The lowest BCUT2D eigenvalue weighted by atomic mass is 10.1. The van der Waals surface area contributed by atoms with Crippen LogP contribution < -0.4 is 17.2 Å². The number of alkyl halides is 1. The fraction of sp³-hybridized carbons (Fsp3) is 0.369. The molecule has 0 radical (unpaired) electrons. The Bertz CT molecular complexity index is 4560. The Labute approximate surface area is 532 Å². The van der Waals surface area contributed by atoms with Gasteiger partial charge in [0.1, 0.15) is 32.8 Å². The third kappa shape index (κ3) is 13.0. The molecule has 26 heteroatoms. The maximum Gasteiger partial charge on any atom is 0.333 e. The van der Waals surface area contributed by atoms with Gasteiger partial charge in [-0.3, -0.25) is 24.4 Å². The summed E-state index contributed by atoms with van der Waals surface area (Å²) >= 11 is 3.17. The number of aliphatic hydroxyl groups excluding tert-OH is 1. The Morgan fingerprint density at radius 2 is 1.10 bits per heavy atom. The van der Waals surface area contributed by atoms with Gasteiger partial charge in [-0.2, -0.15) is 30.6 Å². The largest absolute Gasteiger partial charge is 0.465 e. The quantitative estimate of drug-likeness (QED) is 0.0489. The van der Waals surface area contributed by atoms with Crippen molar-refractivity contribution in [1.29, 1.82) is 0 Å². The van der Waals surface area contributed by atoms with Crippen molar-refractivity contribution in [1.82, 2.24) is 74.5 Å². The van der Waals surface area contributed by atoms with Crippen LogP contribution in [0.1, 0.15) is 106 Å². The van der Waals surface area contributed by atoms with E-state index in [1.807, 2.05) is 96.3 Å². The molecule has 25 nitrogen and oxygen atoms in total. The Morgan fingerprint density at radius 1 is 0.604 bits per heavy atom. The Morgan fingerprint density at radius 3 is 1.59 bits per heavy atom. The van der Waals surface area contributed by atoms with Crippen molar-refractivity contribution < 1.29 is 33.6 Å². The van der Waals surface area contributed by atoms with Gasteiger partial charge in [-0.15, -0.1) is 0 Å². The van der Waals surface area contributed by atoms with Crippen LogP contribution >= 0.6 is 15.9 Å². The molecule has 0 amide bonds. The van der Waals surface area contributed by atoms with Gasteiger partial charge in [-0.05, 0) is 149 Å². The molecule has 3 aromatic carbocycles. The first kappa shape index (κ1) is 63.2. The molecule has 0 spiro atoms. The summed E-state index contributed by atoms with van der Waals surface area (Å²) in [6.07, 6.45) is 17.0. The summed E-state index contributed by atoms with van der Waals surface area (Å²) < 4.78 is 28.5. The molecular formula is C65H75BrN18O7. The van der Waals surface area contributed by atoms with Gasteiger partial charge in [0.25, 0.3) is 0 Å². The minimum absolute atomic E-state index is 0.00237. The molecule has 2 unspecified atom stereocenters. The van der Waals surface area contributed by atoms with Crippen molar-refractivity contribution in [2.24, 2.45) is 0 Å². The standard InChI is InChI=1S/C24H28N6O3.C18H18N6O.C17H18N6O.C6H11BrO2/c1-4-32-23(31)24(2,3)29-14-17-21(28-29)16-9-8-15(13-18(16)27-22(17)25)19-10-11-26-30(19)20-7-5-6-12-33-20;19-18-13-10-20-23-17(13)12-5-4-11(9-14(12)22-18)15-6-7-21-24(15)16-3-1-2-8-25-16;1-17(2,9-24)23-8-12-15(22-23)11-4-3-10(13-5-6-19-21-13)7-14(11)20-16(12)18;1-4-9-5(8)6(2,3)7/h8-11,13-14,20H,4-7,12H2,1-3H3,(H2,25,27);4-7,9-10,16H,1-3,8H2,(H2,19,22)(H,20,23);3-8,24H,9H2,1-2H3,(H2,18,20)(H,19,21);4H2,1-3H3. The number of nitrogens with zero attached hydrogens (tertiary/aromatic N) is 13. The van der Waals surface area contributed by atoms with Gasteiger partial charge in [-0.25, -0.2) is 29.1 Å². The van der Waals surface area contributed by atoms with Gasteiger partial charge < -0.3 is 41.3 Å². The van der Waals surface area contributed by atoms with E-state index in [9.17, 15) is 14.7 Å². The third-order valence-electron chi connectivity index (χ3n) is 16.1. The van der Waals surface area contributed by atoms with Crippen LogP contribution in [-0.4, -0.2) is 129 Å². The Balaban J connectivity index is 0.000000133. The number of benzene rings is 3. The molecule has 91 heavy (non-hydrogen) atoms. The number of carbonyl (C=O) groups excluding carboxylic acids is 2. The van der Waals surface area contributed by atoms with Gasteiger partial charge in [0, 0.05) is 77.0 Å². The van der Waals surface area contributed by atoms with E-state index in [0.717, 1.165) is 140 Å². The van der Waals surface area contributed by atoms with E-state index in [1.54, 1.807) is 75.7 Å². The SMILES string of the molecule is CC(C)(CO)n1cc2c(N)nc3cc(-c4ccn[nH]4)ccc3c2n1.CCOC(=O)C(C)(C)Br.CCOC(=O)C(C)(C)n1cc2c(N)nc3cc(-c4ccnn4C4CCCCO4)ccc3c2n1.Nc1nc2cc(-c3ccnn3C3CCCCO3)ccc2c2[nH]ncc12. The highest BCUT2D eigenvalue weighted by atomic mass is 79.9. The normalized spacial score (nSPS) is 15.5. The summed E-state index contributed by atoms with van der Waals surface area (Å²) in [7, 11) is 0. The number of carbonyl (C=O) groups is 2. The third-order valence-corrected chi connectivity index (χ3v) is 16.4. The molecular weight excluding hydrogens is 1220 g/mol. The van der Waals surface area contributed by atoms with E-state index >= 15 is 0 Å². The second-order valence-electron chi connectivity index (χ2n) is 23.9. The highest BCUT2D eigenvalue weighted by Crippen LogP contribution is 2.37. The predicted molar refractivity (Wildman–Crippen MR) is 354 cm³/mol. The second kappa shape index (κ2) is 26.2.